The lowest BCUT2D eigenvalue weighted by Gasteiger charge is -2.11. The minimum absolute atomic E-state index is 0.0205. The van der Waals surface area contributed by atoms with E-state index in [9.17, 15) is 9.59 Å². The molecule has 0 spiro atoms. The molecule has 0 fully saturated rings. The molecule has 0 aromatic carbocycles. The van der Waals surface area contributed by atoms with Crippen molar-refractivity contribution in [3.63, 3.8) is 0 Å². The monoisotopic (exact) mass is 335 g/mol. The predicted molar refractivity (Wildman–Crippen MR) is 69.2 cm³/mol. The fourth-order valence-corrected chi connectivity index (χ4v) is 1.68. The Bertz CT molecular complexity index is 454. The van der Waals surface area contributed by atoms with Crippen LogP contribution in [0, 0.1) is 10.5 Å². The standard InChI is InChI=1S/C10H14IN3O2/c1-6(2)13-9(15)5-14-7(3)12-4-8(11)10(14)16/h4,6H,5H2,1-3H3,(H,13,15). The molecule has 1 amide bonds. The third-order valence-electron chi connectivity index (χ3n) is 1.96. The topological polar surface area (TPSA) is 64.0 Å². The van der Waals surface area contributed by atoms with Gasteiger partial charge in [0, 0.05) is 12.2 Å². The highest BCUT2D eigenvalue weighted by Crippen LogP contribution is 1.97. The first-order valence-electron chi connectivity index (χ1n) is 4.93. The summed E-state index contributed by atoms with van der Waals surface area (Å²) in [6.45, 7) is 5.48. The Morgan fingerprint density at radius 2 is 2.25 bits per heavy atom. The number of carbonyl (C=O) groups is 1. The van der Waals surface area contributed by atoms with E-state index in [0.29, 0.717) is 9.39 Å². The smallest absolute Gasteiger partial charge is 0.267 e. The molecule has 0 unspecified atom stereocenters. The van der Waals surface area contributed by atoms with Gasteiger partial charge in [-0.2, -0.15) is 0 Å². The first kappa shape index (κ1) is 13.1. The maximum atomic E-state index is 11.7. The number of carbonyl (C=O) groups excluding carboxylic acids is 1. The van der Waals surface area contributed by atoms with Crippen LogP contribution in [0.25, 0.3) is 0 Å². The van der Waals surface area contributed by atoms with Crippen LogP contribution in [0.4, 0.5) is 0 Å². The van der Waals surface area contributed by atoms with E-state index in [2.05, 4.69) is 10.3 Å². The molecule has 1 rings (SSSR count). The highest BCUT2D eigenvalue weighted by atomic mass is 127. The molecule has 0 radical (unpaired) electrons. The average molecular weight is 335 g/mol. The summed E-state index contributed by atoms with van der Waals surface area (Å²) in [5, 5.41) is 2.74. The van der Waals surface area contributed by atoms with Crippen molar-refractivity contribution in [2.45, 2.75) is 33.4 Å². The summed E-state index contributed by atoms with van der Waals surface area (Å²) in [6, 6.07) is 0.0688. The number of aromatic nitrogens is 2. The molecule has 0 bridgehead atoms. The maximum Gasteiger partial charge on any atom is 0.267 e. The van der Waals surface area contributed by atoms with Gasteiger partial charge in [-0.05, 0) is 43.4 Å². The summed E-state index contributed by atoms with van der Waals surface area (Å²) in [6.07, 6.45) is 1.51. The molecule has 0 saturated heterocycles. The molecule has 6 heteroatoms. The Kier molecular flexibility index (Phi) is 4.45. The van der Waals surface area contributed by atoms with Crippen LogP contribution in [0.2, 0.25) is 0 Å². The lowest BCUT2D eigenvalue weighted by atomic mass is 10.4. The molecule has 88 valence electrons. The predicted octanol–water partition coefficient (Wildman–Crippen LogP) is 0.681. The highest BCUT2D eigenvalue weighted by molar-refractivity contribution is 14.1. The summed E-state index contributed by atoms with van der Waals surface area (Å²) in [5.41, 5.74) is -0.174. The van der Waals surface area contributed by atoms with Crippen LogP contribution >= 0.6 is 22.6 Å². The number of aryl methyl sites for hydroxylation is 1. The summed E-state index contributed by atoms with van der Waals surface area (Å²) in [5.74, 6) is 0.369. The zero-order valence-electron chi connectivity index (χ0n) is 9.45. The summed E-state index contributed by atoms with van der Waals surface area (Å²) in [7, 11) is 0. The molecular formula is C10H14IN3O2. The lowest BCUT2D eigenvalue weighted by Crippen LogP contribution is -2.37. The van der Waals surface area contributed by atoms with Crippen LogP contribution in [0.5, 0.6) is 0 Å². The molecule has 1 heterocycles. The van der Waals surface area contributed by atoms with Crippen molar-refractivity contribution in [1.29, 1.82) is 0 Å². The van der Waals surface area contributed by atoms with E-state index in [1.165, 1.54) is 10.8 Å². The molecule has 0 aliphatic rings. The first-order chi connectivity index (χ1) is 7.41. The lowest BCUT2D eigenvalue weighted by molar-refractivity contribution is -0.122. The molecule has 0 aliphatic carbocycles. The zero-order valence-corrected chi connectivity index (χ0v) is 11.6. The minimum Gasteiger partial charge on any atom is -0.352 e. The van der Waals surface area contributed by atoms with Crippen molar-refractivity contribution >= 4 is 28.5 Å². The van der Waals surface area contributed by atoms with E-state index in [1.807, 2.05) is 36.4 Å². The van der Waals surface area contributed by atoms with Crippen LogP contribution in [-0.4, -0.2) is 21.5 Å². The number of rotatable bonds is 3. The van der Waals surface area contributed by atoms with Crippen LogP contribution in [-0.2, 0) is 11.3 Å². The van der Waals surface area contributed by atoms with Gasteiger partial charge in [0.15, 0.2) is 0 Å². The summed E-state index contributed by atoms with van der Waals surface area (Å²) in [4.78, 5) is 27.3. The molecule has 0 saturated carbocycles. The number of hydrogen-bond donors (Lipinski definition) is 1. The van der Waals surface area contributed by atoms with Gasteiger partial charge in [0.2, 0.25) is 5.91 Å². The molecule has 16 heavy (non-hydrogen) atoms. The summed E-state index contributed by atoms with van der Waals surface area (Å²) < 4.78 is 1.89. The Hall–Kier alpha value is -0.920. The third-order valence-corrected chi connectivity index (χ3v) is 2.70. The average Bonchev–Trinajstić information content (AvgIpc) is 2.17. The number of halogens is 1. The van der Waals surface area contributed by atoms with E-state index >= 15 is 0 Å². The van der Waals surface area contributed by atoms with Crippen molar-refractivity contribution < 1.29 is 4.79 Å². The van der Waals surface area contributed by atoms with Gasteiger partial charge < -0.3 is 5.32 Å². The number of nitrogens with one attached hydrogen (secondary N) is 1. The second-order valence-electron chi connectivity index (χ2n) is 3.77. The third kappa shape index (κ3) is 3.29. The van der Waals surface area contributed by atoms with Gasteiger partial charge in [0.05, 0.1) is 3.57 Å². The van der Waals surface area contributed by atoms with Crippen molar-refractivity contribution in [3.05, 3.63) is 25.9 Å². The number of hydrogen-bond acceptors (Lipinski definition) is 3. The fourth-order valence-electron chi connectivity index (χ4n) is 1.25. The Morgan fingerprint density at radius 3 is 2.81 bits per heavy atom. The van der Waals surface area contributed by atoms with E-state index in [4.69, 9.17) is 0 Å². The molecular weight excluding hydrogens is 321 g/mol. The van der Waals surface area contributed by atoms with Gasteiger partial charge in [0.25, 0.3) is 5.56 Å². The Morgan fingerprint density at radius 1 is 1.62 bits per heavy atom. The van der Waals surface area contributed by atoms with Crippen LogP contribution < -0.4 is 10.9 Å². The number of nitrogens with zero attached hydrogens (tertiary/aromatic N) is 2. The minimum atomic E-state index is -0.177. The van der Waals surface area contributed by atoms with Crippen molar-refractivity contribution in [2.75, 3.05) is 0 Å². The fraction of sp³-hybridized carbons (Fsp3) is 0.500. The van der Waals surface area contributed by atoms with Gasteiger partial charge in [-0.3, -0.25) is 14.2 Å². The largest absolute Gasteiger partial charge is 0.352 e. The Labute approximate surface area is 107 Å². The first-order valence-corrected chi connectivity index (χ1v) is 6.01. The van der Waals surface area contributed by atoms with Crippen LogP contribution in [0.3, 0.4) is 0 Å². The molecule has 0 aliphatic heterocycles. The Balaban J connectivity index is 2.93. The van der Waals surface area contributed by atoms with Crippen LogP contribution in [0.1, 0.15) is 19.7 Å². The van der Waals surface area contributed by atoms with E-state index in [0.717, 1.165) is 0 Å². The molecule has 1 aromatic rings. The SMILES string of the molecule is Cc1ncc(I)c(=O)n1CC(=O)NC(C)C. The van der Waals surface area contributed by atoms with Crippen LogP contribution in [0.15, 0.2) is 11.0 Å². The molecule has 1 N–H and O–H groups in total. The second kappa shape index (κ2) is 5.42. The van der Waals surface area contributed by atoms with Gasteiger partial charge >= 0.3 is 0 Å². The molecule has 0 atom stereocenters. The molecule has 1 aromatic heterocycles. The maximum absolute atomic E-state index is 11.7. The van der Waals surface area contributed by atoms with E-state index < -0.39 is 0 Å². The van der Waals surface area contributed by atoms with Gasteiger partial charge in [0.1, 0.15) is 12.4 Å². The van der Waals surface area contributed by atoms with E-state index in [-0.39, 0.29) is 24.1 Å². The number of amides is 1. The van der Waals surface area contributed by atoms with Crippen molar-refractivity contribution in [2.24, 2.45) is 0 Å². The quantitative estimate of drug-likeness (QED) is 0.827. The van der Waals surface area contributed by atoms with Crippen molar-refractivity contribution in [3.8, 4) is 0 Å². The summed E-state index contributed by atoms with van der Waals surface area (Å²) >= 11 is 1.91. The zero-order chi connectivity index (χ0) is 12.3. The van der Waals surface area contributed by atoms with Gasteiger partial charge in [-0.1, -0.05) is 0 Å². The normalized spacial score (nSPS) is 10.6. The highest BCUT2D eigenvalue weighted by Gasteiger charge is 2.10. The second-order valence-corrected chi connectivity index (χ2v) is 4.93. The van der Waals surface area contributed by atoms with E-state index in [1.54, 1.807) is 6.92 Å². The molecule has 5 nitrogen and oxygen atoms in total. The van der Waals surface area contributed by atoms with Gasteiger partial charge in [-0.15, -0.1) is 0 Å². The van der Waals surface area contributed by atoms with Gasteiger partial charge in [-0.25, -0.2) is 4.98 Å². The van der Waals surface area contributed by atoms with Crippen molar-refractivity contribution in [1.82, 2.24) is 14.9 Å².